The topological polar surface area (TPSA) is 32.3 Å². The van der Waals surface area contributed by atoms with Crippen molar-refractivity contribution in [3.63, 3.8) is 0 Å². The van der Waals surface area contributed by atoms with E-state index in [0.29, 0.717) is 11.3 Å². The van der Waals surface area contributed by atoms with Gasteiger partial charge in [-0.1, -0.05) is 50.6 Å². The maximum Gasteiger partial charge on any atom is 0.0547 e. The molecule has 0 saturated heterocycles. The summed E-state index contributed by atoms with van der Waals surface area (Å²) in [6.07, 6.45) is 0. The van der Waals surface area contributed by atoms with Crippen molar-refractivity contribution in [2.75, 3.05) is 13.2 Å². The van der Waals surface area contributed by atoms with Crippen LogP contribution in [0.5, 0.6) is 0 Å². The van der Waals surface area contributed by atoms with E-state index >= 15 is 0 Å². The molecule has 0 heterocycles. The third-order valence-corrected chi connectivity index (χ3v) is 4.35. The van der Waals surface area contributed by atoms with Gasteiger partial charge in [0.2, 0.25) is 0 Å². The molecule has 0 fully saturated rings. The Labute approximate surface area is 115 Å². The molecule has 0 aliphatic heterocycles. The Morgan fingerprint density at radius 3 is 2.33 bits per heavy atom. The smallest absolute Gasteiger partial charge is 0.0547 e. The molecule has 0 aliphatic rings. The van der Waals surface area contributed by atoms with Gasteiger partial charge in [-0.25, -0.2) is 0 Å². The van der Waals surface area contributed by atoms with Crippen molar-refractivity contribution in [1.82, 2.24) is 5.32 Å². The molecule has 0 aromatic heterocycles. The second-order valence-electron chi connectivity index (χ2n) is 4.78. The maximum absolute atomic E-state index is 9.16. The number of hydrogen-bond acceptors (Lipinski definition) is 3. The fourth-order valence-corrected chi connectivity index (χ4v) is 3.27. The third kappa shape index (κ3) is 4.63. The summed E-state index contributed by atoms with van der Waals surface area (Å²) in [5.41, 5.74) is 2.62. The lowest BCUT2D eigenvalue weighted by Crippen LogP contribution is -2.29. The van der Waals surface area contributed by atoms with Gasteiger partial charge in [-0.3, -0.25) is 0 Å². The van der Waals surface area contributed by atoms with Crippen molar-refractivity contribution in [2.24, 2.45) is 0 Å². The zero-order chi connectivity index (χ0) is 13.5. The molecule has 1 aromatic carbocycles. The molecule has 0 saturated carbocycles. The first-order valence-corrected chi connectivity index (χ1v) is 7.59. The molecule has 1 aromatic rings. The van der Waals surface area contributed by atoms with Gasteiger partial charge in [-0.2, -0.15) is 11.8 Å². The lowest BCUT2D eigenvalue weighted by Gasteiger charge is -2.27. The van der Waals surface area contributed by atoms with Crippen molar-refractivity contribution < 1.29 is 5.11 Å². The third-order valence-electron chi connectivity index (χ3n) is 3.03. The summed E-state index contributed by atoms with van der Waals surface area (Å²) >= 11 is 1.83. The Bertz CT molecular complexity index is 339. The molecule has 0 spiro atoms. The van der Waals surface area contributed by atoms with Gasteiger partial charge < -0.3 is 10.4 Å². The average Bonchev–Trinajstić information content (AvgIpc) is 2.37. The monoisotopic (exact) mass is 267 g/mol. The highest BCUT2D eigenvalue weighted by Gasteiger charge is 2.20. The van der Waals surface area contributed by atoms with Crippen molar-refractivity contribution in [3.05, 3.63) is 35.4 Å². The predicted molar refractivity (Wildman–Crippen MR) is 81.2 cm³/mol. The first-order chi connectivity index (χ1) is 8.58. The summed E-state index contributed by atoms with van der Waals surface area (Å²) in [6, 6.07) is 9.06. The summed E-state index contributed by atoms with van der Waals surface area (Å²) < 4.78 is 0. The zero-order valence-electron chi connectivity index (χ0n) is 11.8. The van der Waals surface area contributed by atoms with Crippen LogP contribution in [0, 0.1) is 6.92 Å². The summed E-state index contributed by atoms with van der Waals surface area (Å²) in [5.74, 6) is 0. The van der Waals surface area contributed by atoms with Crippen molar-refractivity contribution in [3.8, 4) is 0 Å². The van der Waals surface area contributed by atoms with Gasteiger partial charge in [0.05, 0.1) is 6.61 Å². The number of thioether (sulfide) groups is 1. The molecule has 2 N–H and O–H groups in total. The van der Waals surface area contributed by atoms with Crippen LogP contribution >= 0.6 is 11.8 Å². The molecule has 0 amide bonds. The van der Waals surface area contributed by atoms with Gasteiger partial charge in [0, 0.05) is 16.5 Å². The van der Waals surface area contributed by atoms with Gasteiger partial charge in [0.15, 0.2) is 0 Å². The van der Waals surface area contributed by atoms with Crippen molar-refractivity contribution >= 4 is 11.8 Å². The van der Waals surface area contributed by atoms with E-state index in [1.54, 1.807) is 0 Å². The van der Waals surface area contributed by atoms with Crippen LogP contribution in [0.4, 0.5) is 0 Å². The Morgan fingerprint density at radius 2 is 1.83 bits per heavy atom. The molecule has 2 nitrogen and oxygen atoms in total. The van der Waals surface area contributed by atoms with Gasteiger partial charge in [-0.15, -0.1) is 0 Å². The lowest BCUT2D eigenvalue weighted by molar-refractivity contribution is 0.299. The molecule has 0 aliphatic carbocycles. The Kier molecular flexibility index (Phi) is 6.76. The Balaban J connectivity index is 2.77. The van der Waals surface area contributed by atoms with E-state index in [9.17, 15) is 0 Å². The van der Waals surface area contributed by atoms with E-state index in [4.69, 9.17) is 5.11 Å². The highest BCUT2D eigenvalue weighted by molar-refractivity contribution is 8.00. The number of benzene rings is 1. The van der Waals surface area contributed by atoms with Crippen LogP contribution in [-0.4, -0.2) is 28.8 Å². The number of aliphatic hydroxyl groups excluding tert-OH is 1. The fraction of sp³-hybridized carbons (Fsp3) is 0.600. The number of hydrogen-bond donors (Lipinski definition) is 2. The normalized spacial score (nSPS) is 16.3. The second-order valence-corrected chi connectivity index (χ2v) is 6.60. The molecular weight excluding hydrogens is 242 g/mol. The van der Waals surface area contributed by atoms with E-state index < -0.39 is 0 Å². The zero-order valence-corrected chi connectivity index (χ0v) is 12.6. The highest BCUT2D eigenvalue weighted by Crippen LogP contribution is 2.29. The van der Waals surface area contributed by atoms with Gasteiger partial charge in [-0.05, 0) is 19.0 Å². The summed E-state index contributed by atoms with van der Waals surface area (Å²) in [7, 11) is 0. The molecule has 0 radical (unpaired) electrons. The van der Waals surface area contributed by atoms with Crippen molar-refractivity contribution in [1.29, 1.82) is 0 Å². The molecule has 3 heteroatoms. The molecule has 18 heavy (non-hydrogen) atoms. The van der Waals surface area contributed by atoms with Crippen LogP contribution in [0.3, 0.4) is 0 Å². The quantitative estimate of drug-likeness (QED) is 0.796. The van der Waals surface area contributed by atoms with E-state index in [1.807, 2.05) is 11.8 Å². The number of aliphatic hydroxyl groups is 1. The van der Waals surface area contributed by atoms with Crippen LogP contribution in [0.1, 0.15) is 37.9 Å². The number of aryl methyl sites for hydroxylation is 1. The van der Waals surface area contributed by atoms with Gasteiger partial charge >= 0.3 is 0 Å². The first-order valence-electron chi connectivity index (χ1n) is 6.64. The predicted octanol–water partition coefficient (Wildman–Crippen LogP) is 3.15. The highest BCUT2D eigenvalue weighted by atomic mass is 32.2. The molecule has 3 unspecified atom stereocenters. The molecule has 0 bridgehead atoms. The minimum Gasteiger partial charge on any atom is -0.395 e. The minimum atomic E-state index is 0.238. The summed E-state index contributed by atoms with van der Waals surface area (Å²) in [5, 5.41) is 13.4. The van der Waals surface area contributed by atoms with E-state index in [2.05, 4.69) is 57.3 Å². The first kappa shape index (κ1) is 15.5. The fourth-order valence-electron chi connectivity index (χ4n) is 2.04. The van der Waals surface area contributed by atoms with Crippen LogP contribution in [0.15, 0.2) is 24.3 Å². The molecule has 3 atom stereocenters. The standard InChI is InChI=1S/C15H25NOS/c1-5-16-15(13(4)18-12(3)10-17)14-8-6-11(2)7-9-14/h6-9,12-13,15-17H,5,10H2,1-4H3. The minimum absolute atomic E-state index is 0.238. The van der Waals surface area contributed by atoms with Crippen LogP contribution < -0.4 is 5.32 Å². The van der Waals surface area contributed by atoms with Gasteiger partial charge in [0.25, 0.3) is 0 Å². The summed E-state index contributed by atoms with van der Waals surface area (Å²) in [6.45, 7) is 9.73. The second kappa shape index (κ2) is 7.82. The van der Waals surface area contributed by atoms with E-state index in [0.717, 1.165) is 6.54 Å². The molecule has 1 rings (SSSR count). The van der Waals surface area contributed by atoms with E-state index in [1.165, 1.54) is 11.1 Å². The molecular formula is C15H25NOS. The van der Waals surface area contributed by atoms with Crippen LogP contribution in [-0.2, 0) is 0 Å². The molecule has 102 valence electrons. The van der Waals surface area contributed by atoms with Crippen molar-refractivity contribution in [2.45, 2.75) is 44.2 Å². The lowest BCUT2D eigenvalue weighted by atomic mass is 10.0. The largest absolute Gasteiger partial charge is 0.395 e. The number of nitrogens with one attached hydrogen (secondary N) is 1. The average molecular weight is 267 g/mol. The summed E-state index contributed by atoms with van der Waals surface area (Å²) in [4.78, 5) is 0. The van der Waals surface area contributed by atoms with Gasteiger partial charge in [0.1, 0.15) is 0 Å². The van der Waals surface area contributed by atoms with Crippen LogP contribution in [0.2, 0.25) is 0 Å². The maximum atomic E-state index is 9.16. The number of rotatable bonds is 7. The SMILES string of the molecule is CCNC(c1ccc(C)cc1)C(C)SC(C)CO. The van der Waals surface area contributed by atoms with E-state index in [-0.39, 0.29) is 11.9 Å². The van der Waals surface area contributed by atoms with Crippen LogP contribution in [0.25, 0.3) is 0 Å². The Morgan fingerprint density at radius 1 is 1.22 bits per heavy atom. The Hall–Kier alpha value is -0.510.